The van der Waals surface area contributed by atoms with E-state index >= 15 is 0 Å². The molecule has 0 amide bonds. The molecule has 1 aliphatic heterocycles. The molecule has 0 aliphatic carbocycles. The van der Waals surface area contributed by atoms with Crippen LogP contribution in [0.3, 0.4) is 0 Å². The van der Waals surface area contributed by atoms with Gasteiger partial charge in [-0.15, -0.1) is 0 Å². The van der Waals surface area contributed by atoms with Crippen LogP contribution >= 0.6 is 0 Å². The summed E-state index contributed by atoms with van der Waals surface area (Å²) < 4.78 is 5.01. The van der Waals surface area contributed by atoms with Crippen LogP contribution in [-0.4, -0.2) is 15.9 Å². The van der Waals surface area contributed by atoms with Gasteiger partial charge in [0.2, 0.25) is 5.95 Å². The first-order chi connectivity index (χ1) is 12.2. The topological polar surface area (TPSA) is 137 Å². The maximum atomic E-state index is 11.5. The van der Waals surface area contributed by atoms with Gasteiger partial charge < -0.3 is 27.3 Å². The van der Waals surface area contributed by atoms with Crippen LogP contribution in [-0.2, 0) is 11.3 Å². The molecule has 3 aromatic rings. The molecule has 1 aromatic heterocycles. The van der Waals surface area contributed by atoms with Crippen molar-refractivity contribution in [3.63, 3.8) is 0 Å². The monoisotopic (exact) mass is 352 g/mol. The fourth-order valence-corrected chi connectivity index (χ4v) is 2.55. The van der Waals surface area contributed by atoms with Crippen molar-refractivity contribution in [2.75, 3.05) is 16.4 Å². The zero-order valence-electron chi connectivity index (χ0n) is 13.9. The van der Waals surface area contributed by atoms with E-state index in [2.05, 4.69) is 20.6 Å². The number of ether oxygens (including phenoxy) is 1. The Balaban J connectivity index is 0.00000131. The lowest BCUT2D eigenvalue weighted by Gasteiger charge is -2.11. The van der Waals surface area contributed by atoms with Crippen LogP contribution < -0.4 is 22.5 Å². The summed E-state index contributed by atoms with van der Waals surface area (Å²) in [6.45, 7) is 0.285. The van der Waals surface area contributed by atoms with E-state index in [1.165, 1.54) is 0 Å². The highest BCUT2D eigenvalue weighted by molar-refractivity contribution is 5.94. The lowest BCUT2D eigenvalue weighted by molar-refractivity contribution is 0.0535. The Labute approximate surface area is 151 Å². The van der Waals surface area contributed by atoms with Crippen molar-refractivity contribution in [2.45, 2.75) is 6.61 Å². The molecule has 0 unspecified atom stereocenters. The van der Waals surface area contributed by atoms with Gasteiger partial charge in [-0.25, -0.2) is 9.78 Å². The molecule has 8 nitrogen and oxygen atoms in total. The van der Waals surface area contributed by atoms with E-state index in [4.69, 9.17) is 10.5 Å². The van der Waals surface area contributed by atoms with E-state index in [9.17, 15) is 4.79 Å². The number of cyclic esters (lactones) is 1. The van der Waals surface area contributed by atoms with Gasteiger partial charge in [0.15, 0.2) is 5.82 Å². The number of fused-ring (bicyclic) bond motifs is 1. The maximum absolute atomic E-state index is 11.5. The number of nitrogen functional groups attached to an aromatic ring is 1. The Kier molecular flexibility index (Phi) is 4.68. The second-order valence-electron chi connectivity index (χ2n) is 5.56. The van der Waals surface area contributed by atoms with Crippen LogP contribution in [0.5, 0.6) is 0 Å². The highest BCUT2D eigenvalue weighted by atomic mass is 16.5. The van der Waals surface area contributed by atoms with E-state index < -0.39 is 0 Å². The molecular formula is C18H20N6O2. The second kappa shape index (κ2) is 7.08. The number of rotatable bonds is 4. The number of nitrogens with two attached hydrogens (primary N) is 1. The van der Waals surface area contributed by atoms with Crippen molar-refractivity contribution in [1.29, 1.82) is 0 Å². The minimum absolute atomic E-state index is 0. The van der Waals surface area contributed by atoms with Crippen LogP contribution in [0.1, 0.15) is 17.3 Å². The predicted molar refractivity (Wildman–Crippen MR) is 102 cm³/mol. The van der Waals surface area contributed by atoms with Crippen molar-refractivity contribution in [2.24, 2.45) is 0 Å². The van der Waals surface area contributed by atoms with Crippen LogP contribution in [0.2, 0.25) is 0 Å². The SMILES string of the molecule is N.Nc1cnc(Nc2ccc3c(c2)COC3=O)nc1Nc1ccccc1.[HH]. The Morgan fingerprint density at radius 2 is 1.88 bits per heavy atom. The standard InChI is InChI=1S/C18H15N5O2.H3N.H2/c19-15-9-20-18(23-16(15)21-12-4-2-1-3-5-12)22-13-6-7-14-11(8-13)10-25-17(14)24;;/h1-9H,10,19H2,(H2,20,21,22,23);1H3;1H. The van der Waals surface area contributed by atoms with Crippen molar-refractivity contribution >= 4 is 34.8 Å². The van der Waals surface area contributed by atoms with Gasteiger partial charge in [0.1, 0.15) is 6.61 Å². The third-order valence-electron chi connectivity index (χ3n) is 3.79. The average Bonchev–Trinajstić information content (AvgIpc) is 2.99. The maximum Gasteiger partial charge on any atom is 0.338 e. The van der Waals surface area contributed by atoms with E-state index in [1.807, 2.05) is 36.4 Å². The second-order valence-corrected chi connectivity index (χ2v) is 5.56. The Morgan fingerprint density at radius 1 is 1.08 bits per heavy atom. The van der Waals surface area contributed by atoms with Gasteiger partial charge in [-0.2, -0.15) is 4.98 Å². The third-order valence-corrected chi connectivity index (χ3v) is 3.79. The summed E-state index contributed by atoms with van der Waals surface area (Å²) in [7, 11) is 0. The largest absolute Gasteiger partial charge is 0.457 e. The quantitative estimate of drug-likeness (QED) is 0.522. The molecule has 26 heavy (non-hydrogen) atoms. The van der Waals surface area contributed by atoms with E-state index in [0.29, 0.717) is 23.0 Å². The molecule has 7 N–H and O–H groups in total. The minimum Gasteiger partial charge on any atom is -0.457 e. The number of hydrogen-bond acceptors (Lipinski definition) is 8. The van der Waals surface area contributed by atoms with E-state index in [-0.39, 0.29) is 20.2 Å². The molecule has 0 radical (unpaired) electrons. The molecule has 1 aliphatic rings. The van der Waals surface area contributed by atoms with Crippen LogP contribution in [0, 0.1) is 0 Å². The number of hydrogen-bond donors (Lipinski definition) is 4. The average molecular weight is 352 g/mol. The molecule has 2 heterocycles. The molecule has 0 fully saturated rings. The number of nitrogens with one attached hydrogen (secondary N) is 2. The summed E-state index contributed by atoms with van der Waals surface area (Å²) in [5.74, 6) is 0.626. The lowest BCUT2D eigenvalue weighted by Crippen LogP contribution is -2.04. The molecule has 4 rings (SSSR count). The van der Waals surface area contributed by atoms with E-state index in [1.54, 1.807) is 18.3 Å². The fraction of sp³-hybridized carbons (Fsp3) is 0.0556. The minimum atomic E-state index is -0.292. The molecular weight excluding hydrogens is 332 g/mol. The van der Waals surface area contributed by atoms with Gasteiger partial charge in [0.05, 0.1) is 17.4 Å². The first-order valence-corrected chi connectivity index (χ1v) is 7.71. The van der Waals surface area contributed by atoms with Crippen LogP contribution in [0.25, 0.3) is 0 Å². The first kappa shape index (κ1) is 17.2. The summed E-state index contributed by atoms with van der Waals surface area (Å²) in [6, 6.07) is 15.0. The summed E-state index contributed by atoms with van der Waals surface area (Å²) in [4.78, 5) is 20.1. The summed E-state index contributed by atoms with van der Waals surface area (Å²) in [6.07, 6.45) is 1.54. The zero-order valence-corrected chi connectivity index (χ0v) is 13.9. The normalized spacial score (nSPS) is 11.9. The first-order valence-electron chi connectivity index (χ1n) is 7.71. The highest BCUT2D eigenvalue weighted by Crippen LogP contribution is 2.26. The Bertz CT molecular complexity index is 952. The number of anilines is 5. The molecule has 0 bridgehead atoms. The fourth-order valence-electron chi connectivity index (χ4n) is 2.55. The number of para-hydroxylation sites is 1. The molecule has 0 saturated carbocycles. The van der Waals surface area contributed by atoms with Crippen LogP contribution in [0.15, 0.2) is 54.7 Å². The van der Waals surface area contributed by atoms with Gasteiger partial charge in [0.25, 0.3) is 0 Å². The van der Waals surface area contributed by atoms with Gasteiger partial charge in [-0.05, 0) is 30.3 Å². The van der Waals surface area contributed by atoms with Gasteiger partial charge in [-0.1, -0.05) is 18.2 Å². The molecule has 134 valence electrons. The summed E-state index contributed by atoms with van der Waals surface area (Å²) in [5.41, 5.74) is 9.48. The molecule has 8 heteroatoms. The number of esters is 1. The van der Waals surface area contributed by atoms with Crippen molar-refractivity contribution in [1.82, 2.24) is 16.1 Å². The van der Waals surface area contributed by atoms with E-state index in [0.717, 1.165) is 16.9 Å². The zero-order chi connectivity index (χ0) is 17.2. The smallest absolute Gasteiger partial charge is 0.338 e. The Hall–Kier alpha value is -3.65. The number of carbonyl (C=O) groups is 1. The number of nitrogens with zero attached hydrogens (tertiary/aromatic N) is 2. The van der Waals surface area contributed by atoms with Crippen molar-refractivity contribution in [3.8, 4) is 0 Å². The summed E-state index contributed by atoms with van der Waals surface area (Å²) >= 11 is 0. The number of benzene rings is 2. The van der Waals surface area contributed by atoms with Gasteiger partial charge >= 0.3 is 5.97 Å². The summed E-state index contributed by atoms with van der Waals surface area (Å²) in [5, 5.41) is 6.28. The number of carbonyl (C=O) groups excluding carboxylic acids is 1. The lowest BCUT2D eigenvalue weighted by atomic mass is 10.1. The third kappa shape index (κ3) is 3.40. The Morgan fingerprint density at radius 3 is 2.69 bits per heavy atom. The highest BCUT2D eigenvalue weighted by Gasteiger charge is 2.21. The van der Waals surface area contributed by atoms with Gasteiger partial charge in [-0.3, -0.25) is 0 Å². The predicted octanol–water partition coefficient (Wildman–Crippen LogP) is 3.62. The van der Waals surface area contributed by atoms with Crippen molar-refractivity contribution < 1.29 is 11.0 Å². The van der Waals surface area contributed by atoms with Gasteiger partial charge in [0, 0.05) is 18.4 Å². The number of aromatic nitrogens is 2. The molecule has 0 atom stereocenters. The molecule has 0 saturated heterocycles. The van der Waals surface area contributed by atoms with Crippen molar-refractivity contribution in [3.05, 3.63) is 65.9 Å². The molecule has 2 aromatic carbocycles. The molecule has 0 spiro atoms. The van der Waals surface area contributed by atoms with Crippen LogP contribution in [0.4, 0.5) is 28.8 Å².